The van der Waals surface area contributed by atoms with Gasteiger partial charge in [0.1, 0.15) is 5.15 Å². The van der Waals surface area contributed by atoms with E-state index in [9.17, 15) is 4.79 Å². The minimum Gasteiger partial charge on any atom is -0.352 e. The highest BCUT2D eigenvalue weighted by Crippen LogP contribution is 2.19. The number of rotatable bonds is 5. The van der Waals surface area contributed by atoms with Crippen LogP contribution in [0.4, 0.5) is 0 Å². The maximum absolute atomic E-state index is 11.7. The number of amides is 1. The SMILES string of the molecule is CSC(C)CCNC(=O)c1cnc(Cl)c(Cl)c1. The van der Waals surface area contributed by atoms with Crippen molar-refractivity contribution in [2.45, 2.75) is 18.6 Å². The van der Waals surface area contributed by atoms with Crippen LogP contribution in [0.15, 0.2) is 12.3 Å². The molecule has 1 amide bonds. The van der Waals surface area contributed by atoms with Crippen LogP contribution >= 0.6 is 35.0 Å². The van der Waals surface area contributed by atoms with Crippen LogP contribution in [-0.2, 0) is 0 Å². The van der Waals surface area contributed by atoms with Gasteiger partial charge in [-0.2, -0.15) is 11.8 Å². The number of hydrogen-bond acceptors (Lipinski definition) is 3. The first-order valence-corrected chi connectivity index (χ1v) is 7.21. The Morgan fingerprint density at radius 3 is 2.88 bits per heavy atom. The van der Waals surface area contributed by atoms with Crippen molar-refractivity contribution in [1.82, 2.24) is 10.3 Å². The molecular weight excluding hydrogens is 279 g/mol. The third-order valence-electron chi connectivity index (χ3n) is 2.30. The maximum atomic E-state index is 11.7. The monoisotopic (exact) mass is 292 g/mol. The van der Waals surface area contributed by atoms with E-state index in [-0.39, 0.29) is 16.1 Å². The molecular formula is C11H14Cl2N2OS. The van der Waals surface area contributed by atoms with E-state index in [4.69, 9.17) is 23.2 Å². The van der Waals surface area contributed by atoms with E-state index < -0.39 is 0 Å². The summed E-state index contributed by atoms with van der Waals surface area (Å²) in [7, 11) is 0. The Kier molecular flexibility index (Phi) is 6.09. The summed E-state index contributed by atoms with van der Waals surface area (Å²) >= 11 is 13.2. The minimum absolute atomic E-state index is 0.177. The summed E-state index contributed by atoms with van der Waals surface area (Å²) in [5.74, 6) is -0.177. The number of thioether (sulfide) groups is 1. The number of nitrogens with one attached hydrogen (secondary N) is 1. The molecule has 1 aromatic rings. The highest BCUT2D eigenvalue weighted by molar-refractivity contribution is 7.99. The topological polar surface area (TPSA) is 42.0 Å². The van der Waals surface area contributed by atoms with Gasteiger partial charge in [0.25, 0.3) is 5.91 Å². The van der Waals surface area contributed by atoms with E-state index in [0.29, 0.717) is 17.4 Å². The number of carbonyl (C=O) groups is 1. The van der Waals surface area contributed by atoms with E-state index in [0.717, 1.165) is 6.42 Å². The number of nitrogens with zero attached hydrogens (tertiary/aromatic N) is 1. The molecule has 94 valence electrons. The largest absolute Gasteiger partial charge is 0.352 e. The molecule has 1 N–H and O–H groups in total. The van der Waals surface area contributed by atoms with E-state index >= 15 is 0 Å². The quantitative estimate of drug-likeness (QED) is 0.847. The average Bonchev–Trinajstić information content (AvgIpc) is 2.32. The van der Waals surface area contributed by atoms with Gasteiger partial charge < -0.3 is 5.32 Å². The fourth-order valence-electron chi connectivity index (χ4n) is 1.15. The lowest BCUT2D eigenvalue weighted by Gasteiger charge is -2.09. The molecule has 0 aromatic carbocycles. The Bertz CT molecular complexity index is 401. The van der Waals surface area contributed by atoms with Crippen molar-refractivity contribution in [2.24, 2.45) is 0 Å². The molecule has 0 radical (unpaired) electrons. The molecule has 0 saturated heterocycles. The number of hydrogen-bond donors (Lipinski definition) is 1. The van der Waals surface area contributed by atoms with Crippen molar-refractivity contribution >= 4 is 40.9 Å². The van der Waals surface area contributed by atoms with Crippen molar-refractivity contribution in [2.75, 3.05) is 12.8 Å². The average molecular weight is 293 g/mol. The van der Waals surface area contributed by atoms with Crippen LogP contribution in [0.2, 0.25) is 10.2 Å². The standard InChI is InChI=1S/C11H14Cl2N2OS/c1-7(17-2)3-4-14-11(16)8-5-9(12)10(13)15-6-8/h5-7H,3-4H2,1-2H3,(H,14,16). The molecule has 0 bridgehead atoms. The van der Waals surface area contributed by atoms with Crippen LogP contribution in [0.25, 0.3) is 0 Å². The molecule has 1 atom stereocenters. The number of aromatic nitrogens is 1. The summed E-state index contributed by atoms with van der Waals surface area (Å²) in [6.45, 7) is 2.76. The molecule has 0 spiro atoms. The van der Waals surface area contributed by atoms with Crippen molar-refractivity contribution < 1.29 is 4.79 Å². The van der Waals surface area contributed by atoms with Gasteiger partial charge in [0, 0.05) is 18.0 Å². The molecule has 0 aliphatic rings. The zero-order valence-corrected chi connectivity index (χ0v) is 12.0. The van der Waals surface area contributed by atoms with Crippen LogP contribution in [0.3, 0.4) is 0 Å². The summed E-state index contributed by atoms with van der Waals surface area (Å²) in [4.78, 5) is 15.5. The van der Waals surface area contributed by atoms with Crippen LogP contribution in [0, 0.1) is 0 Å². The highest BCUT2D eigenvalue weighted by atomic mass is 35.5. The zero-order valence-electron chi connectivity index (χ0n) is 9.67. The van der Waals surface area contributed by atoms with Crippen LogP contribution in [-0.4, -0.2) is 28.9 Å². The van der Waals surface area contributed by atoms with Gasteiger partial charge in [0.05, 0.1) is 10.6 Å². The van der Waals surface area contributed by atoms with Crippen molar-refractivity contribution in [1.29, 1.82) is 0 Å². The third kappa shape index (κ3) is 4.74. The van der Waals surface area contributed by atoms with Gasteiger partial charge in [-0.05, 0) is 18.7 Å². The molecule has 1 unspecified atom stereocenters. The lowest BCUT2D eigenvalue weighted by Crippen LogP contribution is -2.26. The van der Waals surface area contributed by atoms with Gasteiger partial charge in [-0.3, -0.25) is 4.79 Å². The van der Waals surface area contributed by atoms with Crippen molar-refractivity contribution in [3.8, 4) is 0 Å². The lowest BCUT2D eigenvalue weighted by atomic mass is 10.2. The predicted molar refractivity (Wildman–Crippen MR) is 74.2 cm³/mol. The Morgan fingerprint density at radius 2 is 2.29 bits per heavy atom. The summed E-state index contributed by atoms with van der Waals surface area (Å²) in [6.07, 6.45) is 4.40. The van der Waals surface area contributed by atoms with Gasteiger partial charge in [-0.1, -0.05) is 30.1 Å². The summed E-state index contributed by atoms with van der Waals surface area (Å²) < 4.78 is 0. The number of halogens is 2. The van der Waals surface area contributed by atoms with E-state index in [1.165, 1.54) is 12.3 Å². The highest BCUT2D eigenvalue weighted by Gasteiger charge is 2.09. The molecule has 17 heavy (non-hydrogen) atoms. The van der Waals surface area contributed by atoms with E-state index in [1.807, 2.05) is 0 Å². The fraction of sp³-hybridized carbons (Fsp3) is 0.455. The Hall–Kier alpha value is -0.450. The molecule has 3 nitrogen and oxygen atoms in total. The summed E-state index contributed by atoms with van der Waals surface area (Å²) in [5, 5.41) is 3.84. The van der Waals surface area contributed by atoms with Crippen molar-refractivity contribution in [3.05, 3.63) is 28.0 Å². The van der Waals surface area contributed by atoms with E-state index in [1.54, 1.807) is 11.8 Å². The summed E-state index contributed by atoms with van der Waals surface area (Å²) in [6, 6.07) is 1.52. The Balaban J connectivity index is 2.50. The van der Waals surface area contributed by atoms with E-state index in [2.05, 4.69) is 23.5 Å². The van der Waals surface area contributed by atoms with Crippen LogP contribution < -0.4 is 5.32 Å². The fourth-order valence-corrected chi connectivity index (χ4v) is 1.78. The lowest BCUT2D eigenvalue weighted by molar-refractivity contribution is 0.0953. The van der Waals surface area contributed by atoms with Crippen LogP contribution in [0.5, 0.6) is 0 Å². The minimum atomic E-state index is -0.177. The second-order valence-electron chi connectivity index (χ2n) is 3.59. The molecule has 1 aromatic heterocycles. The number of pyridine rings is 1. The van der Waals surface area contributed by atoms with Gasteiger partial charge in [0.2, 0.25) is 0 Å². The smallest absolute Gasteiger partial charge is 0.252 e. The van der Waals surface area contributed by atoms with Crippen molar-refractivity contribution in [3.63, 3.8) is 0 Å². The first kappa shape index (κ1) is 14.6. The van der Waals surface area contributed by atoms with Crippen LogP contribution in [0.1, 0.15) is 23.7 Å². The molecule has 0 saturated carbocycles. The zero-order chi connectivity index (χ0) is 12.8. The molecule has 0 fully saturated rings. The number of carbonyl (C=O) groups excluding carboxylic acids is 1. The first-order chi connectivity index (χ1) is 8.04. The normalized spacial score (nSPS) is 12.2. The molecule has 1 rings (SSSR count). The van der Waals surface area contributed by atoms with Gasteiger partial charge in [-0.25, -0.2) is 4.98 Å². The Morgan fingerprint density at radius 1 is 1.59 bits per heavy atom. The molecule has 0 aliphatic carbocycles. The third-order valence-corrected chi connectivity index (χ3v) is 4.02. The second kappa shape index (κ2) is 7.09. The van der Waals surface area contributed by atoms with Gasteiger partial charge in [0.15, 0.2) is 0 Å². The molecule has 0 aliphatic heterocycles. The van der Waals surface area contributed by atoms with Gasteiger partial charge in [-0.15, -0.1) is 0 Å². The predicted octanol–water partition coefficient (Wildman–Crippen LogP) is 3.26. The Labute approximate surface area is 115 Å². The maximum Gasteiger partial charge on any atom is 0.252 e. The molecule has 1 heterocycles. The summed E-state index contributed by atoms with van der Waals surface area (Å²) in [5.41, 5.74) is 0.427. The molecule has 6 heteroatoms. The first-order valence-electron chi connectivity index (χ1n) is 5.16. The van der Waals surface area contributed by atoms with Gasteiger partial charge >= 0.3 is 0 Å². The second-order valence-corrected chi connectivity index (χ2v) is 5.63.